The highest BCUT2D eigenvalue weighted by molar-refractivity contribution is 4.74. The van der Waals surface area contributed by atoms with Crippen LogP contribution in [0.5, 0.6) is 0 Å². The fourth-order valence-electron chi connectivity index (χ4n) is 1.33. The second-order valence-corrected chi connectivity index (χ2v) is 7.23. The minimum atomic E-state index is -0.625. The van der Waals surface area contributed by atoms with Crippen molar-refractivity contribution >= 4 is 0 Å². The minimum Gasteiger partial charge on any atom is -0.390 e. The highest BCUT2D eigenvalue weighted by Gasteiger charge is 2.23. The standard InChI is InChI=1S/C14H30O2/c1-12(2,3)8-9-14(6,7)16-11-10-13(4,5)15/h15H,8-11H2,1-7H3. The van der Waals surface area contributed by atoms with Crippen molar-refractivity contribution in [3.05, 3.63) is 0 Å². The molecule has 2 heteroatoms. The fraction of sp³-hybridized carbons (Fsp3) is 1.00. The van der Waals surface area contributed by atoms with E-state index in [0.29, 0.717) is 18.4 Å². The summed E-state index contributed by atoms with van der Waals surface area (Å²) in [5.74, 6) is 0. The first kappa shape index (κ1) is 15.9. The van der Waals surface area contributed by atoms with Crippen LogP contribution in [0.15, 0.2) is 0 Å². The zero-order valence-electron chi connectivity index (χ0n) is 12.2. The molecule has 0 aromatic rings. The summed E-state index contributed by atoms with van der Waals surface area (Å²) in [5.41, 5.74) is -0.352. The van der Waals surface area contributed by atoms with Crippen LogP contribution in [0.3, 0.4) is 0 Å². The Morgan fingerprint density at radius 1 is 0.812 bits per heavy atom. The second-order valence-electron chi connectivity index (χ2n) is 7.23. The van der Waals surface area contributed by atoms with E-state index in [9.17, 15) is 5.11 Å². The van der Waals surface area contributed by atoms with E-state index in [2.05, 4.69) is 34.6 Å². The molecule has 0 fully saturated rings. The van der Waals surface area contributed by atoms with Crippen LogP contribution in [0.2, 0.25) is 0 Å². The zero-order chi connectivity index (χ0) is 13.0. The van der Waals surface area contributed by atoms with Crippen LogP contribution in [-0.4, -0.2) is 22.9 Å². The van der Waals surface area contributed by atoms with Crippen molar-refractivity contribution in [2.75, 3.05) is 6.61 Å². The topological polar surface area (TPSA) is 29.5 Å². The first-order chi connectivity index (χ1) is 6.91. The van der Waals surface area contributed by atoms with Crippen LogP contribution in [-0.2, 0) is 4.74 Å². The molecule has 0 aliphatic carbocycles. The third-order valence-electron chi connectivity index (χ3n) is 2.68. The molecule has 0 rings (SSSR count). The molecule has 0 spiro atoms. The van der Waals surface area contributed by atoms with E-state index in [1.54, 1.807) is 0 Å². The van der Waals surface area contributed by atoms with Gasteiger partial charge in [-0.15, -0.1) is 0 Å². The van der Waals surface area contributed by atoms with Crippen molar-refractivity contribution in [2.45, 2.75) is 78.9 Å². The highest BCUT2D eigenvalue weighted by atomic mass is 16.5. The van der Waals surface area contributed by atoms with Crippen molar-refractivity contribution in [1.29, 1.82) is 0 Å². The number of aliphatic hydroxyl groups is 1. The lowest BCUT2D eigenvalue weighted by Gasteiger charge is -2.30. The minimum absolute atomic E-state index is 0.0848. The quantitative estimate of drug-likeness (QED) is 0.752. The van der Waals surface area contributed by atoms with E-state index in [-0.39, 0.29) is 5.60 Å². The Morgan fingerprint density at radius 2 is 1.31 bits per heavy atom. The van der Waals surface area contributed by atoms with Gasteiger partial charge in [0.25, 0.3) is 0 Å². The first-order valence-electron chi connectivity index (χ1n) is 6.28. The van der Waals surface area contributed by atoms with Crippen LogP contribution in [0.1, 0.15) is 67.7 Å². The number of ether oxygens (including phenoxy) is 1. The molecule has 98 valence electrons. The molecule has 0 aliphatic rings. The summed E-state index contributed by atoms with van der Waals surface area (Å²) in [6, 6.07) is 0. The van der Waals surface area contributed by atoms with Gasteiger partial charge in [-0.3, -0.25) is 0 Å². The Balaban J connectivity index is 3.88. The van der Waals surface area contributed by atoms with Gasteiger partial charge in [0, 0.05) is 0 Å². The smallest absolute Gasteiger partial charge is 0.0626 e. The molecular weight excluding hydrogens is 200 g/mol. The summed E-state index contributed by atoms with van der Waals surface area (Å²) in [6.45, 7) is 15.3. The van der Waals surface area contributed by atoms with Gasteiger partial charge in [-0.05, 0) is 52.4 Å². The van der Waals surface area contributed by atoms with E-state index in [1.165, 1.54) is 0 Å². The lowest BCUT2D eigenvalue weighted by atomic mass is 9.86. The summed E-state index contributed by atoms with van der Waals surface area (Å²) in [5, 5.41) is 9.59. The molecule has 16 heavy (non-hydrogen) atoms. The predicted molar refractivity (Wildman–Crippen MR) is 69.6 cm³/mol. The SMILES string of the molecule is CC(C)(C)CCC(C)(C)OCCC(C)(C)O. The number of hydrogen-bond donors (Lipinski definition) is 1. The maximum atomic E-state index is 9.59. The first-order valence-corrected chi connectivity index (χ1v) is 6.28. The van der Waals surface area contributed by atoms with E-state index in [1.807, 2.05) is 13.8 Å². The van der Waals surface area contributed by atoms with E-state index in [0.717, 1.165) is 12.8 Å². The normalized spacial score (nSPS) is 14.2. The molecule has 0 radical (unpaired) electrons. The molecule has 0 aromatic heterocycles. The summed E-state index contributed by atoms with van der Waals surface area (Å²) < 4.78 is 5.84. The van der Waals surface area contributed by atoms with Gasteiger partial charge in [0.05, 0.1) is 17.8 Å². The van der Waals surface area contributed by atoms with Crippen molar-refractivity contribution in [1.82, 2.24) is 0 Å². The van der Waals surface area contributed by atoms with Gasteiger partial charge < -0.3 is 9.84 Å². The molecule has 0 bridgehead atoms. The Morgan fingerprint density at radius 3 is 1.69 bits per heavy atom. The fourth-order valence-corrected chi connectivity index (χ4v) is 1.33. The molecule has 0 atom stereocenters. The van der Waals surface area contributed by atoms with Gasteiger partial charge in [-0.25, -0.2) is 0 Å². The third-order valence-corrected chi connectivity index (χ3v) is 2.68. The van der Waals surface area contributed by atoms with Gasteiger partial charge >= 0.3 is 0 Å². The molecule has 0 aliphatic heterocycles. The monoisotopic (exact) mass is 230 g/mol. The zero-order valence-corrected chi connectivity index (χ0v) is 12.2. The van der Waals surface area contributed by atoms with Gasteiger partial charge in [-0.2, -0.15) is 0 Å². The lowest BCUT2D eigenvalue weighted by molar-refractivity contribution is -0.0542. The Kier molecular flexibility index (Phi) is 5.48. The maximum absolute atomic E-state index is 9.59. The van der Waals surface area contributed by atoms with E-state index >= 15 is 0 Å². The molecule has 2 nitrogen and oxygen atoms in total. The predicted octanol–water partition coefficient (Wildman–Crippen LogP) is 3.77. The highest BCUT2D eigenvalue weighted by Crippen LogP contribution is 2.27. The molecule has 0 heterocycles. The molecule has 0 saturated carbocycles. The molecule has 1 N–H and O–H groups in total. The van der Waals surface area contributed by atoms with Gasteiger partial charge in [0.15, 0.2) is 0 Å². The summed E-state index contributed by atoms with van der Waals surface area (Å²) >= 11 is 0. The molecule has 0 saturated heterocycles. The summed E-state index contributed by atoms with van der Waals surface area (Å²) in [7, 11) is 0. The lowest BCUT2D eigenvalue weighted by Crippen LogP contribution is -2.30. The average molecular weight is 230 g/mol. The van der Waals surface area contributed by atoms with Crippen molar-refractivity contribution in [3.63, 3.8) is 0 Å². The van der Waals surface area contributed by atoms with Crippen LogP contribution in [0.25, 0.3) is 0 Å². The third kappa shape index (κ3) is 10.4. The van der Waals surface area contributed by atoms with Crippen LogP contribution >= 0.6 is 0 Å². The Hall–Kier alpha value is -0.0800. The van der Waals surface area contributed by atoms with Gasteiger partial charge in [0.1, 0.15) is 0 Å². The van der Waals surface area contributed by atoms with Gasteiger partial charge in [0.2, 0.25) is 0 Å². The van der Waals surface area contributed by atoms with Gasteiger partial charge in [-0.1, -0.05) is 20.8 Å². The molecule has 0 unspecified atom stereocenters. The molecule has 0 amide bonds. The van der Waals surface area contributed by atoms with Crippen LogP contribution in [0, 0.1) is 5.41 Å². The Bertz CT molecular complexity index is 194. The van der Waals surface area contributed by atoms with Crippen LogP contribution in [0.4, 0.5) is 0 Å². The number of rotatable bonds is 6. The van der Waals surface area contributed by atoms with Crippen molar-refractivity contribution in [3.8, 4) is 0 Å². The van der Waals surface area contributed by atoms with E-state index < -0.39 is 5.60 Å². The summed E-state index contributed by atoms with van der Waals surface area (Å²) in [6.07, 6.45) is 2.90. The van der Waals surface area contributed by atoms with Crippen LogP contribution < -0.4 is 0 Å². The van der Waals surface area contributed by atoms with Crippen molar-refractivity contribution in [2.24, 2.45) is 5.41 Å². The average Bonchev–Trinajstić information content (AvgIpc) is 1.97. The van der Waals surface area contributed by atoms with Crippen molar-refractivity contribution < 1.29 is 9.84 Å². The molecular formula is C14H30O2. The molecule has 0 aromatic carbocycles. The largest absolute Gasteiger partial charge is 0.390 e. The summed E-state index contributed by atoms with van der Waals surface area (Å²) in [4.78, 5) is 0. The van der Waals surface area contributed by atoms with E-state index in [4.69, 9.17) is 4.74 Å². The number of hydrogen-bond acceptors (Lipinski definition) is 2. The maximum Gasteiger partial charge on any atom is 0.0626 e. The Labute approximate surface area is 101 Å². The second kappa shape index (κ2) is 5.50.